The maximum absolute atomic E-state index is 11.9. The molecule has 1 heterocycles. The van der Waals surface area contributed by atoms with Gasteiger partial charge in [-0.2, -0.15) is 0 Å². The monoisotopic (exact) mass is 303 g/mol. The molecule has 0 aliphatic heterocycles. The zero-order valence-corrected chi connectivity index (χ0v) is 12.7. The fourth-order valence-electron chi connectivity index (χ4n) is 1.80. The number of carbonyl (C=O) groups is 1. The predicted octanol–water partition coefficient (Wildman–Crippen LogP) is 3.49. The van der Waals surface area contributed by atoms with Crippen molar-refractivity contribution < 1.29 is 4.79 Å². The van der Waals surface area contributed by atoms with Crippen molar-refractivity contribution in [1.82, 2.24) is 10.3 Å². The molecule has 1 aromatic heterocycles. The van der Waals surface area contributed by atoms with Gasteiger partial charge in [0.15, 0.2) is 0 Å². The first-order chi connectivity index (χ1) is 10.2. The Balaban J connectivity index is 1.97. The fraction of sp³-hybridized carbons (Fsp3) is 0.250. The molecule has 110 valence electrons. The number of aromatic nitrogens is 1. The lowest BCUT2D eigenvalue weighted by Crippen LogP contribution is -2.24. The average Bonchev–Trinajstić information content (AvgIpc) is 2.52. The van der Waals surface area contributed by atoms with Crippen LogP contribution in [0.2, 0.25) is 5.02 Å². The lowest BCUT2D eigenvalue weighted by molar-refractivity contribution is 0.0949. The second-order valence-electron chi connectivity index (χ2n) is 4.67. The summed E-state index contributed by atoms with van der Waals surface area (Å²) >= 11 is 5.85. The van der Waals surface area contributed by atoms with Gasteiger partial charge in [0.05, 0.1) is 0 Å². The lowest BCUT2D eigenvalue weighted by Gasteiger charge is -2.08. The van der Waals surface area contributed by atoms with Crippen LogP contribution in [0.3, 0.4) is 0 Å². The summed E-state index contributed by atoms with van der Waals surface area (Å²) in [6, 6.07) is 11.2. The smallest absolute Gasteiger partial charge is 0.269 e. The second kappa shape index (κ2) is 7.64. The summed E-state index contributed by atoms with van der Waals surface area (Å²) in [5.74, 6) is -0.146. The van der Waals surface area contributed by atoms with E-state index >= 15 is 0 Å². The van der Waals surface area contributed by atoms with Gasteiger partial charge in [-0.15, -0.1) is 0 Å². The van der Waals surface area contributed by atoms with Crippen molar-refractivity contribution in [2.45, 2.75) is 19.9 Å². The molecule has 0 unspecified atom stereocenters. The first-order valence-corrected chi connectivity index (χ1v) is 7.29. The van der Waals surface area contributed by atoms with Gasteiger partial charge in [-0.3, -0.25) is 9.78 Å². The van der Waals surface area contributed by atoms with E-state index in [1.54, 1.807) is 12.3 Å². The van der Waals surface area contributed by atoms with Crippen LogP contribution in [0, 0.1) is 0 Å². The molecule has 0 radical (unpaired) electrons. The first-order valence-electron chi connectivity index (χ1n) is 6.91. The number of nitrogens with zero attached hydrogens (tertiary/aromatic N) is 1. The van der Waals surface area contributed by atoms with Gasteiger partial charge in [-0.05, 0) is 36.2 Å². The molecular weight excluding hydrogens is 286 g/mol. The highest BCUT2D eigenvalue weighted by Gasteiger charge is 2.06. The lowest BCUT2D eigenvalue weighted by atomic mass is 10.2. The van der Waals surface area contributed by atoms with Gasteiger partial charge in [0, 0.05) is 30.0 Å². The molecule has 2 rings (SSSR count). The van der Waals surface area contributed by atoms with E-state index in [0.29, 0.717) is 18.8 Å². The van der Waals surface area contributed by atoms with Crippen LogP contribution in [0.1, 0.15) is 29.4 Å². The van der Waals surface area contributed by atoms with Crippen LogP contribution in [-0.2, 0) is 6.54 Å². The SMILES string of the molecule is CCCNC(=O)c1cc(NCc2ccc(Cl)cc2)ccn1. The van der Waals surface area contributed by atoms with Crippen LogP contribution in [0.5, 0.6) is 0 Å². The average molecular weight is 304 g/mol. The van der Waals surface area contributed by atoms with E-state index in [2.05, 4.69) is 15.6 Å². The summed E-state index contributed by atoms with van der Waals surface area (Å²) in [4.78, 5) is 15.9. The predicted molar refractivity (Wildman–Crippen MR) is 85.6 cm³/mol. The topological polar surface area (TPSA) is 54.0 Å². The third kappa shape index (κ3) is 4.76. The molecule has 0 aliphatic carbocycles. The summed E-state index contributed by atoms with van der Waals surface area (Å²) < 4.78 is 0. The number of amides is 1. The normalized spacial score (nSPS) is 10.2. The highest BCUT2D eigenvalue weighted by atomic mass is 35.5. The summed E-state index contributed by atoms with van der Waals surface area (Å²) in [7, 11) is 0. The Morgan fingerprint density at radius 1 is 1.24 bits per heavy atom. The van der Waals surface area contributed by atoms with Crippen molar-refractivity contribution in [1.29, 1.82) is 0 Å². The maximum Gasteiger partial charge on any atom is 0.269 e. The van der Waals surface area contributed by atoms with Crippen LogP contribution in [-0.4, -0.2) is 17.4 Å². The van der Waals surface area contributed by atoms with Crippen molar-refractivity contribution in [3.8, 4) is 0 Å². The first kappa shape index (κ1) is 15.3. The van der Waals surface area contributed by atoms with Gasteiger partial charge in [0.2, 0.25) is 0 Å². The zero-order chi connectivity index (χ0) is 15.1. The van der Waals surface area contributed by atoms with Crippen LogP contribution < -0.4 is 10.6 Å². The van der Waals surface area contributed by atoms with E-state index in [1.807, 2.05) is 37.3 Å². The number of anilines is 1. The minimum atomic E-state index is -0.146. The molecule has 0 atom stereocenters. The van der Waals surface area contributed by atoms with Gasteiger partial charge in [-0.25, -0.2) is 0 Å². The van der Waals surface area contributed by atoms with Gasteiger partial charge >= 0.3 is 0 Å². The van der Waals surface area contributed by atoms with Crippen LogP contribution in [0.25, 0.3) is 0 Å². The van der Waals surface area contributed by atoms with Crippen molar-refractivity contribution in [3.63, 3.8) is 0 Å². The molecular formula is C16H18ClN3O. The molecule has 0 saturated carbocycles. The van der Waals surface area contributed by atoms with E-state index in [0.717, 1.165) is 22.7 Å². The molecule has 0 fully saturated rings. The Labute approximate surface area is 129 Å². The maximum atomic E-state index is 11.9. The number of pyridine rings is 1. The van der Waals surface area contributed by atoms with Crippen molar-refractivity contribution in [2.24, 2.45) is 0 Å². The molecule has 21 heavy (non-hydrogen) atoms. The van der Waals surface area contributed by atoms with Gasteiger partial charge in [0.1, 0.15) is 5.69 Å². The summed E-state index contributed by atoms with van der Waals surface area (Å²) in [6.45, 7) is 3.33. The highest BCUT2D eigenvalue weighted by Crippen LogP contribution is 2.13. The molecule has 1 aromatic carbocycles. The van der Waals surface area contributed by atoms with Crippen molar-refractivity contribution >= 4 is 23.2 Å². The Kier molecular flexibility index (Phi) is 5.58. The van der Waals surface area contributed by atoms with Crippen molar-refractivity contribution in [2.75, 3.05) is 11.9 Å². The summed E-state index contributed by atoms with van der Waals surface area (Å²) in [6.07, 6.45) is 2.53. The van der Waals surface area contributed by atoms with E-state index < -0.39 is 0 Å². The van der Waals surface area contributed by atoms with Crippen LogP contribution >= 0.6 is 11.6 Å². The van der Waals surface area contributed by atoms with Crippen molar-refractivity contribution in [3.05, 3.63) is 58.9 Å². The number of nitrogens with one attached hydrogen (secondary N) is 2. The minimum Gasteiger partial charge on any atom is -0.381 e. The number of benzene rings is 1. The summed E-state index contributed by atoms with van der Waals surface area (Å²) in [5.41, 5.74) is 2.40. The van der Waals surface area contributed by atoms with Gasteiger partial charge in [0.25, 0.3) is 5.91 Å². The second-order valence-corrected chi connectivity index (χ2v) is 5.10. The Morgan fingerprint density at radius 2 is 2.00 bits per heavy atom. The van der Waals surface area contributed by atoms with Gasteiger partial charge in [-0.1, -0.05) is 30.7 Å². The Bertz CT molecular complexity index is 599. The molecule has 5 heteroatoms. The molecule has 0 saturated heterocycles. The fourth-order valence-corrected chi connectivity index (χ4v) is 1.93. The Morgan fingerprint density at radius 3 is 2.71 bits per heavy atom. The molecule has 2 aromatic rings. The molecule has 0 bridgehead atoms. The molecule has 4 nitrogen and oxygen atoms in total. The van der Waals surface area contributed by atoms with Crippen LogP contribution in [0.4, 0.5) is 5.69 Å². The molecule has 2 N–H and O–H groups in total. The van der Waals surface area contributed by atoms with Crippen LogP contribution in [0.15, 0.2) is 42.6 Å². The van der Waals surface area contributed by atoms with E-state index in [-0.39, 0.29) is 5.91 Å². The number of rotatable bonds is 6. The number of halogens is 1. The quantitative estimate of drug-likeness (QED) is 0.859. The highest BCUT2D eigenvalue weighted by molar-refractivity contribution is 6.30. The van der Waals surface area contributed by atoms with Gasteiger partial charge < -0.3 is 10.6 Å². The number of hydrogen-bond donors (Lipinski definition) is 2. The number of carbonyl (C=O) groups excluding carboxylic acids is 1. The largest absolute Gasteiger partial charge is 0.381 e. The van der Waals surface area contributed by atoms with E-state index in [4.69, 9.17) is 11.6 Å². The minimum absolute atomic E-state index is 0.146. The summed E-state index contributed by atoms with van der Waals surface area (Å²) in [5, 5.41) is 6.80. The van der Waals surface area contributed by atoms with E-state index in [9.17, 15) is 4.79 Å². The molecule has 1 amide bonds. The molecule has 0 aliphatic rings. The zero-order valence-electron chi connectivity index (χ0n) is 11.9. The third-order valence-corrected chi connectivity index (χ3v) is 3.19. The molecule has 0 spiro atoms. The standard InChI is InChI=1S/C16H18ClN3O/c1-2-8-19-16(21)15-10-14(7-9-18-15)20-11-12-3-5-13(17)6-4-12/h3-7,9-10H,2,8,11H2,1H3,(H,18,20)(H,19,21). The number of hydrogen-bond acceptors (Lipinski definition) is 3. The third-order valence-electron chi connectivity index (χ3n) is 2.94. The Hall–Kier alpha value is -2.07. The van der Waals surface area contributed by atoms with E-state index in [1.165, 1.54) is 0 Å².